The van der Waals surface area contributed by atoms with Gasteiger partial charge in [0.25, 0.3) is 0 Å². The molecule has 2 aromatic rings. The van der Waals surface area contributed by atoms with Gasteiger partial charge in [0.05, 0.1) is 17.6 Å². The van der Waals surface area contributed by atoms with Crippen LogP contribution in [0.25, 0.3) is 11.0 Å². The van der Waals surface area contributed by atoms with Gasteiger partial charge >= 0.3 is 0 Å². The smallest absolute Gasteiger partial charge is 0.203 e. The highest BCUT2D eigenvalue weighted by molar-refractivity contribution is 6.29. The van der Waals surface area contributed by atoms with Crippen molar-refractivity contribution in [2.24, 2.45) is 0 Å². The summed E-state index contributed by atoms with van der Waals surface area (Å²) in [4.78, 5) is 4.15. The fourth-order valence-electron chi connectivity index (χ4n) is 1.36. The van der Waals surface area contributed by atoms with Gasteiger partial charge in [0, 0.05) is 6.54 Å². The summed E-state index contributed by atoms with van der Waals surface area (Å²) in [6.07, 6.45) is 0. The Hall–Kier alpha value is -1.06. The van der Waals surface area contributed by atoms with Gasteiger partial charge < -0.3 is 9.67 Å². The van der Waals surface area contributed by atoms with Crippen molar-refractivity contribution in [2.45, 2.75) is 6.54 Å². The molecule has 13 heavy (non-hydrogen) atoms. The van der Waals surface area contributed by atoms with Gasteiger partial charge in [-0.25, -0.2) is 4.98 Å². The van der Waals surface area contributed by atoms with E-state index in [9.17, 15) is 0 Å². The topological polar surface area (TPSA) is 38.0 Å². The van der Waals surface area contributed by atoms with E-state index < -0.39 is 0 Å². The molecule has 0 radical (unpaired) electrons. The van der Waals surface area contributed by atoms with Crippen LogP contribution in [0.5, 0.6) is 0 Å². The third-order valence-corrected chi connectivity index (χ3v) is 2.22. The molecule has 0 unspecified atom stereocenters. The maximum atomic E-state index is 8.81. The Labute approximate surface area is 80.6 Å². The zero-order valence-electron chi connectivity index (χ0n) is 6.94. The van der Waals surface area contributed by atoms with Gasteiger partial charge in [-0.15, -0.1) is 0 Å². The molecule has 1 heterocycles. The highest BCUT2D eigenvalue weighted by Gasteiger charge is 2.06. The number of imidazole rings is 1. The molecule has 0 amide bonds. The van der Waals surface area contributed by atoms with E-state index in [1.807, 2.05) is 24.3 Å². The largest absolute Gasteiger partial charge is 0.395 e. The fourth-order valence-corrected chi connectivity index (χ4v) is 1.63. The van der Waals surface area contributed by atoms with Gasteiger partial charge in [-0.1, -0.05) is 12.1 Å². The number of aliphatic hydroxyl groups is 1. The second-order valence-electron chi connectivity index (χ2n) is 2.74. The predicted molar refractivity (Wildman–Crippen MR) is 51.8 cm³/mol. The highest BCUT2D eigenvalue weighted by Crippen LogP contribution is 2.18. The van der Waals surface area contributed by atoms with Crippen molar-refractivity contribution in [1.82, 2.24) is 9.55 Å². The van der Waals surface area contributed by atoms with E-state index in [2.05, 4.69) is 4.98 Å². The van der Waals surface area contributed by atoms with E-state index in [0.29, 0.717) is 11.8 Å². The minimum Gasteiger partial charge on any atom is -0.395 e. The summed E-state index contributed by atoms with van der Waals surface area (Å²) in [5.41, 5.74) is 1.82. The number of aromatic nitrogens is 2. The molecule has 0 aliphatic heterocycles. The SMILES string of the molecule is OCCn1c(Cl)nc2ccccc21. The minimum atomic E-state index is 0.0695. The lowest BCUT2D eigenvalue weighted by molar-refractivity contribution is 0.278. The van der Waals surface area contributed by atoms with E-state index in [1.54, 1.807) is 4.57 Å². The van der Waals surface area contributed by atoms with E-state index >= 15 is 0 Å². The van der Waals surface area contributed by atoms with Crippen LogP contribution in [0, 0.1) is 0 Å². The molecule has 3 nitrogen and oxygen atoms in total. The van der Waals surface area contributed by atoms with E-state index in [4.69, 9.17) is 16.7 Å². The number of rotatable bonds is 2. The molecule has 0 aliphatic carbocycles. The number of aliphatic hydroxyl groups excluding tert-OH is 1. The summed E-state index contributed by atoms with van der Waals surface area (Å²) in [6.45, 7) is 0.555. The fraction of sp³-hybridized carbons (Fsp3) is 0.222. The molecule has 68 valence electrons. The molecule has 0 aliphatic rings. The number of para-hydroxylation sites is 2. The number of fused-ring (bicyclic) bond motifs is 1. The van der Waals surface area contributed by atoms with Crippen molar-refractivity contribution in [3.8, 4) is 0 Å². The molecule has 4 heteroatoms. The molecule has 2 rings (SSSR count). The van der Waals surface area contributed by atoms with Crippen LogP contribution in [-0.2, 0) is 6.54 Å². The van der Waals surface area contributed by atoms with Crippen LogP contribution in [0.4, 0.5) is 0 Å². The standard InChI is InChI=1S/C9H9ClN2O/c10-9-11-7-3-1-2-4-8(7)12(9)5-6-13/h1-4,13H,5-6H2. The summed E-state index contributed by atoms with van der Waals surface area (Å²) in [6, 6.07) is 7.67. The third kappa shape index (κ3) is 1.41. The number of hydrogen-bond acceptors (Lipinski definition) is 2. The number of hydrogen-bond donors (Lipinski definition) is 1. The van der Waals surface area contributed by atoms with Crippen LogP contribution in [0.15, 0.2) is 24.3 Å². The average Bonchev–Trinajstić information content (AvgIpc) is 2.44. The van der Waals surface area contributed by atoms with Crippen LogP contribution >= 0.6 is 11.6 Å². The van der Waals surface area contributed by atoms with Crippen LogP contribution in [0.2, 0.25) is 5.28 Å². The summed E-state index contributed by atoms with van der Waals surface area (Å²) >= 11 is 5.89. The predicted octanol–water partition coefficient (Wildman–Crippen LogP) is 1.68. The molecule has 0 saturated heterocycles. The maximum Gasteiger partial charge on any atom is 0.203 e. The number of halogens is 1. The molecule has 1 N–H and O–H groups in total. The lowest BCUT2D eigenvalue weighted by Crippen LogP contribution is -2.01. The lowest BCUT2D eigenvalue weighted by Gasteiger charge is -2.01. The Morgan fingerprint density at radius 3 is 2.92 bits per heavy atom. The molecular formula is C9H9ClN2O. The Balaban J connectivity index is 2.64. The minimum absolute atomic E-state index is 0.0695. The third-order valence-electron chi connectivity index (χ3n) is 1.93. The Morgan fingerprint density at radius 2 is 2.15 bits per heavy atom. The van der Waals surface area contributed by atoms with Crippen LogP contribution < -0.4 is 0 Å². The quantitative estimate of drug-likeness (QED) is 0.794. The van der Waals surface area contributed by atoms with E-state index in [-0.39, 0.29) is 6.61 Å². The molecule has 0 spiro atoms. The number of benzene rings is 1. The summed E-state index contributed by atoms with van der Waals surface area (Å²) in [5.74, 6) is 0. The molecule has 1 aromatic heterocycles. The van der Waals surface area contributed by atoms with Crippen LogP contribution in [0.3, 0.4) is 0 Å². The first-order chi connectivity index (χ1) is 6.33. The molecule has 0 atom stereocenters. The zero-order chi connectivity index (χ0) is 9.26. The Kier molecular flexibility index (Phi) is 2.20. The van der Waals surface area contributed by atoms with Gasteiger partial charge in [0.1, 0.15) is 0 Å². The first-order valence-corrected chi connectivity index (χ1v) is 4.42. The van der Waals surface area contributed by atoms with Crippen molar-refractivity contribution in [1.29, 1.82) is 0 Å². The number of nitrogens with zero attached hydrogens (tertiary/aromatic N) is 2. The molecule has 1 aromatic carbocycles. The zero-order valence-corrected chi connectivity index (χ0v) is 7.70. The highest BCUT2D eigenvalue weighted by atomic mass is 35.5. The van der Waals surface area contributed by atoms with E-state index in [0.717, 1.165) is 11.0 Å². The maximum absolute atomic E-state index is 8.81. The monoisotopic (exact) mass is 196 g/mol. The summed E-state index contributed by atoms with van der Waals surface area (Å²) in [7, 11) is 0. The van der Waals surface area contributed by atoms with Gasteiger partial charge in [0.15, 0.2) is 0 Å². The van der Waals surface area contributed by atoms with E-state index in [1.165, 1.54) is 0 Å². The van der Waals surface area contributed by atoms with Gasteiger partial charge in [-0.3, -0.25) is 0 Å². The van der Waals surface area contributed by atoms with Crippen LogP contribution in [0.1, 0.15) is 0 Å². The van der Waals surface area contributed by atoms with Crippen molar-refractivity contribution >= 4 is 22.6 Å². The molecule has 0 bridgehead atoms. The van der Waals surface area contributed by atoms with Gasteiger partial charge in [-0.05, 0) is 23.7 Å². The van der Waals surface area contributed by atoms with Crippen molar-refractivity contribution < 1.29 is 5.11 Å². The first-order valence-electron chi connectivity index (χ1n) is 4.04. The normalized spacial score (nSPS) is 10.9. The van der Waals surface area contributed by atoms with Crippen molar-refractivity contribution in [2.75, 3.05) is 6.61 Å². The molecule has 0 fully saturated rings. The first kappa shape index (κ1) is 8.53. The van der Waals surface area contributed by atoms with Gasteiger partial charge in [0.2, 0.25) is 5.28 Å². The average molecular weight is 197 g/mol. The van der Waals surface area contributed by atoms with Gasteiger partial charge in [-0.2, -0.15) is 0 Å². The van der Waals surface area contributed by atoms with Crippen molar-refractivity contribution in [3.05, 3.63) is 29.5 Å². The second kappa shape index (κ2) is 3.36. The second-order valence-corrected chi connectivity index (χ2v) is 3.08. The molecular weight excluding hydrogens is 188 g/mol. The Morgan fingerprint density at radius 1 is 1.38 bits per heavy atom. The summed E-state index contributed by atoms with van der Waals surface area (Å²) < 4.78 is 1.79. The molecule has 0 saturated carbocycles. The van der Waals surface area contributed by atoms with Crippen LogP contribution in [-0.4, -0.2) is 21.3 Å². The van der Waals surface area contributed by atoms with Crippen molar-refractivity contribution in [3.63, 3.8) is 0 Å². The lowest BCUT2D eigenvalue weighted by atomic mass is 10.3. The summed E-state index contributed by atoms with van der Waals surface area (Å²) in [5, 5.41) is 9.24. The Bertz CT molecular complexity index is 424.